The number of amides is 1. The highest BCUT2D eigenvalue weighted by Crippen LogP contribution is 2.35. The molecule has 0 atom stereocenters. The van der Waals surface area contributed by atoms with E-state index in [9.17, 15) is 4.79 Å². The lowest BCUT2D eigenvalue weighted by atomic mass is 10.0. The SMILES string of the molecule is CN(Cc1ccccn1)c1nc(-c2cnc(C(N)=O)nc2)nc2cccc(-c3ccccc3)c12. The molecule has 5 aromatic rings. The number of pyridine rings is 1. The Morgan fingerprint density at radius 3 is 2.32 bits per heavy atom. The topological polar surface area (TPSA) is 111 Å². The van der Waals surface area contributed by atoms with E-state index in [0.717, 1.165) is 33.5 Å². The van der Waals surface area contributed by atoms with E-state index < -0.39 is 5.91 Å². The molecule has 2 N–H and O–H groups in total. The van der Waals surface area contributed by atoms with Gasteiger partial charge >= 0.3 is 0 Å². The lowest BCUT2D eigenvalue weighted by Crippen LogP contribution is -2.20. The summed E-state index contributed by atoms with van der Waals surface area (Å²) in [5, 5.41) is 0.936. The largest absolute Gasteiger partial charge is 0.363 e. The Labute approximate surface area is 196 Å². The summed E-state index contributed by atoms with van der Waals surface area (Å²) in [5.41, 5.74) is 9.68. The number of hydrogen-bond acceptors (Lipinski definition) is 7. The van der Waals surface area contributed by atoms with Gasteiger partial charge in [0.15, 0.2) is 5.82 Å². The predicted molar refractivity (Wildman–Crippen MR) is 131 cm³/mol. The van der Waals surface area contributed by atoms with Crippen LogP contribution in [0.2, 0.25) is 0 Å². The summed E-state index contributed by atoms with van der Waals surface area (Å²) < 4.78 is 0. The summed E-state index contributed by atoms with van der Waals surface area (Å²) in [6, 6.07) is 22.0. The van der Waals surface area contributed by atoms with Gasteiger partial charge in [-0.1, -0.05) is 48.5 Å². The number of primary amides is 1. The summed E-state index contributed by atoms with van der Waals surface area (Å²) in [6.45, 7) is 0.562. The quantitative estimate of drug-likeness (QED) is 0.420. The average Bonchev–Trinajstić information content (AvgIpc) is 2.88. The summed E-state index contributed by atoms with van der Waals surface area (Å²) >= 11 is 0. The molecule has 0 bridgehead atoms. The average molecular weight is 448 g/mol. The lowest BCUT2D eigenvalue weighted by Gasteiger charge is -2.22. The second-order valence-corrected chi connectivity index (χ2v) is 7.77. The fourth-order valence-corrected chi connectivity index (χ4v) is 3.81. The molecule has 2 aromatic carbocycles. The Bertz CT molecular complexity index is 1460. The van der Waals surface area contributed by atoms with Crippen LogP contribution in [-0.4, -0.2) is 37.9 Å². The van der Waals surface area contributed by atoms with Crippen LogP contribution in [-0.2, 0) is 6.54 Å². The van der Waals surface area contributed by atoms with Crippen molar-refractivity contribution in [3.8, 4) is 22.5 Å². The molecule has 3 heterocycles. The second-order valence-electron chi connectivity index (χ2n) is 7.77. The fraction of sp³-hybridized carbons (Fsp3) is 0.0769. The van der Waals surface area contributed by atoms with Crippen LogP contribution >= 0.6 is 0 Å². The van der Waals surface area contributed by atoms with Crippen molar-refractivity contribution in [2.75, 3.05) is 11.9 Å². The number of aromatic nitrogens is 5. The third-order valence-corrected chi connectivity index (χ3v) is 5.41. The second kappa shape index (κ2) is 9.03. The van der Waals surface area contributed by atoms with Crippen molar-refractivity contribution < 1.29 is 4.79 Å². The molecule has 0 unspecified atom stereocenters. The van der Waals surface area contributed by atoms with E-state index in [0.29, 0.717) is 17.9 Å². The van der Waals surface area contributed by atoms with Gasteiger partial charge in [-0.15, -0.1) is 0 Å². The minimum atomic E-state index is -0.686. The lowest BCUT2D eigenvalue weighted by molar-refractivity contribution is 0.0990. The Morgan fingerprint density at radius 2 is 1.62 bits per heavy atom. The summed E-state index contributed by atoms with van der Waals surface area (Å²) in [6.07, 6.45) is 4.80. The van der Waals surface area contributed by atoms with E-state index in [4.69, 9.17) is 15.7 Å². The van der Waals surface area contributed by atoms with Crippen LogP contribution in [0, 0.1) is 0 Å². The molecule has 34 heavy (non-hydrogen) atoms. The zero-order valence-electron chi connectivity index (χ0n) is 18.5. The molecule has 0 saturated carbocycles. The number of nitrogens with zero attached hydrogens (tertiary/aromatic N) is 6. The molecular formula is C26H21N7O. The van der Waals surface area contributed by atoms with Gasteiger partial charge in [0.05, 0.1) is 28.7 Å². The minimum absolute atomic E-state index is 0.0524. The van der Waals surface area contributed by atoms with Crippen molar-refractivity contribution in [2.45, 2.75) is 6.54 Å². The summed E-state index contributed by atoms with van der Waals surface area (Å²) in [7, 11) is 1.98. The Balaban J connectivity index is 1.70. The van der Waals surface area contributed by atoms with Gasteiger partial charge in [-0.05, 0) is 29.3 Å². The maximum absolute atomic E-state index is 11.4. The third kappa shape index (κ3) is 4.16. The first-order chi connectivity index (χ1) is 16.6. The molecule has 0 spiro atoms. The third-order valence-electron chi connectivity index (χ3n) is 5.41. The first-order valence-corrected chi connectivity index (χ1v) is 10.7. The van der Waals surface area contributed by atoms with Crippen LogP contribution in [0.15, 0.2) is 85.3 Å². The van der Waals surface area contributed by atoms with E-state index in [-0.39, 0.29) is 5.82 Å². The maximum Gasteiger partial charge on any atom is 0.286 e. The van der Waals surface area contributed by atoms with Crippen molar-refractivity contribution in [1.29, 1.82) is 0 Å². The van der Waals surface area contributed by atoms with Crippen LogP contribution in [0.3, 0.4) is 0 Å². The molecule has 0 aliphatic carbocycles. The molecule has 1 amide bonds. The highest BCUT2D eigenvalue weighted by Gasteiger charge is 2.18. The van der Waals surface area contributed by atoms with Gasteiger partial charge in [-0.25, -0.2) is 19.9 Å². The van der Waals surface area contributed by atoms with Crippen LogP contribution in [0.1, 0.15) is 16.3 Å². The highest BCUT2D eigenvalue weighted by atomic mass is 16.1. The van der Waals surface area contributed by atoms with Crippen LogP contribution < -0.4 is 10.6 Å². The molecule has 3 aromatic heterocycles. The zero-order valence-corrected chi connectivity index (χ0v) is 18.5. The Morgan fingerprint density at radius 1 is 0.853 bits per heavy atom. The number of fused-ring (bicyclic) bond motifs is 1. The van der Waals surface area contributed by atoms with Crippen molar-refractivity contribution in [1.82, 2.24) is 24.9 Å². The number of rotatable bonds is 6. The van der Waals surface area contributed by atoms with Crippen molar-refractivity contribution in [3.63, 3.8) is 0 Å². The van der Waals surface area contributed by atoms with Crippen molar-refractivity contribution in [2.24, 2.45) is 5.73 Å². The normalized spacial score (nSPS) is 10.9. The van der Waals surface area contributed by atoms with Crippen molar-refractivity contribution >= 4 is 22.6 Å². The highest BCUT2D eigenvalue weighted by molar-refractivity contribution is 6.02. The summed E-state index contributed by atoms with van der Waals surface area (Å²) in [5.74, 6) is 0.471. The van der Waals surface area contributed by atoms with Crippen molar-refractivity contribution in [3.05, 3.63) is 96.8 Å². The first kappa shape index (κ1) is 21.1. The first-order valence-electron chi connectivity index (χ1n) is 10.7. The number of carbonyl (C=O) groups is 1. The van der Waals surface area contributed by atoms with Crippen LogP contribution in [0.5, 0.6) is 0 Å². The van der Waals surface area contributed by atoms with Crippen LogP contribution in [0.4, 0.5) is 5.82 Å². The molecule has 0 fully saturated rings. The molecule has 0 radical (unpaired) electrons. The number of hydrogen-bond donors (Lipinski definition) is 1. The van der Waals surface area contributed by atoms with Gasteiger partial charge in [0.2, 0.25) is 5.82 Å². The van der Waals surface area contributed by atoms with Crippen LogP contribution in [0.25, 0.3) is 33.4 Å². The van der Waals surface area contributed by atoms with Gasteiger partial charge in [0.1, 0.15) is 5.82 Å². The number of benzene rings is 2. The molecule has 0 aliphatic heterocycles. The molecule has 8 heteroatoms. The van der Waals surface area contributed by atoms with Gasteiger partial charge in [-0.2, -0.15) is 0 Å². The number of anilines is 1. The Hall–Kier alpha value is -4.72. The molecule has 0 aliphatic rings. The fourth-order valence-electron chi connectivity index (χ4n) is 3.81. The minimum Gasteiger partial charge on any atom is -0.363 e. The number of carbonyl (C=O) groups excluding carboxylic acids is 1. The van der Waals surface area contributed by atoms with Gasteiger partial charge < -0.3 is 10.6 Å². The maximum atomic E-state index is 11.4. The van der Waals surface area contributed by atoms with Gasteiger partial charge in [-0.3, -0.25) is 9.78 Å². The molecule has 8 nitrogen and oxygen atoms in total. The monoisotopic (exact) mass is 447 g/mol. The number of nitrogens with two attached hydrogens (primary N) is 1. The standard InChI is InChI=1S/C26H21N7O/c1-33(16-19-10-5-6-13-28-19)26-22-20(17-8-3-2-4-9-17)11-7-12-21(22)31-24(32-26)18-14-29-25(23(27)34)30-15-18/h2-15H,16H2,1H3,(H2,27,34). The zero-order chi connectivity index (χ0) is 23.5. The summed E-state index contributed by atoms with van der Waals surface area (Å²) in [4.78, 5) is 35.7. The molecular weight excluding hydrogens is 426 g/mol. The van der Waals surface area contributed by atoms with E-state index in [2.05, 4.69) is 38.1 Å². The molecule has 0 saturated heterocycles. The van der Waals surface area contributed by atoms with E-state index in [1.807, 2.05) is 55.6 Å². The molecule has 5 rings (SSSR count). The van der Waals surface area contributed by atoms with Gasteiger partial charge in [0, 0.05) is 25.6 Å². The predicted octanol–water partition coefficient (Wildman–Crippen LogP) is 3.88. The smallest absolute Gasteiger partial charge is 0.286 e. The Kier molecular flexibility index (Phi) is 5.61. The van der Waals surface area contributed by atoms with E-state index in [1.165, 1.54) is 12.4 Å². The van der Waals surface area contributed by atoms with E-state index >= 15 is 0 Å². The van der Waals surface area contributed by atoms with E-state index in [1.54, 1.807) is 6.20 Å². The van der Waals surface area contributed by atoms with Gasteiger partial charge in [0.25, 0.3) is 5.91 Å². The molecule has 166 valence electrons.